The van der Waals surface area contributed by atoms with Crippen molar-refractivity contribution in [1.29, 1.82) is 0 Å². The summed E-state index contributed by atoms with van der Waals surface area (Å²) in [6.45, 7) is 12.3. The van der Waals surface area contributed by atoms with E-state index in [1.165, 1.54) is 29.5 Å². The van der Waals surface area contributed by atoms with Crippen molar-refractivity contribution in [2.45, 2.75) is 59.9 Å². The molecule has 0 amide bonds. The molecule has 18 heavy (non-hydrogen) atoms. The zero-order chi connectivity index (χ0) is 13.5. The lowest BCUT2D eigenvalue weighted by atomic mass is 9.88. The zero-order valence-electron chi connectivity index (χ0n) is 12.7. The van der Waals surface area contributed by atoms with Gasteiger partial charge in [-0.05, 0) is 43.9 Å². The van der Waals surface area contributed by atoms with Gasteiger partial charge in [0.25, 0.3) is 0 Å². The van der Waals surface area contributed by atoms with Crippen LogP contribution in [0, 0.1) is 19.8 Å². The third-order valence-electron chi connectivity index (χ3n) is 4.03. The highest BCUT2D eigenvalue weighted by Gasteiger charge is 2.18. The highest BCUT2D eigenvalue weighted by Crippen LogP contribution is 2.20. The van der Waals surface area contributed by atoms with Crippen LogP contribution in [-0.2, 0) is 6.42 Å². The minimum absolute atomic E-state index is 0.616. The molecule has 1 N–H and O–H groups in total. The number of benzene rings is 1. The van der Waals surface area contributed by atoms with Crippen LogP contribution in [0.3, 0.4) is 0 Å². The van der Waals surface area contributed by atoms with Crippen LogP contribution in [0.5, 0.6) is 0 Å². The molecule has 0 aliphatic carbocycles. The Morgan fingerprint density at radius 3 is 2.28 bits per heavy atom. The second-order valence-corrected chi connectivity index (χ2v) is 5.37. The number of nitrogens with one attached hydrogen (secondary N) is 1. The van der Waals surface area contributed by atoms with Crippen molar-refractivity contribution in [3.8, 4) is 0 Å². The Balaban J connectivity index is 2.85. The summed E-state index contributed by atoms with van der Waals surface area (Å²) in [5, 5.41) is 3.68. The SMILES string of the molecule is CCNC(Cc1cc(C)ccc1C)C(CC)CC. The lowest BCUT2D eigenvalue weighted by molar-refractivity contribution is 0.336. The van der Waals surface area contributed by atoms with Crippen LogP contribution in [0.4, 0.5) is 0 Å². The van der Waals surface area contributed by atoms with E-state index < -0.39 is 0 Å². The van der Waals surface area contributed by atoms with E-state index in [9.17, 15) is 0 Å². The summed E-state index contributed by atoms with van der Waals surface area (Å²) in [6.07, 6.45) is 3.69. The number of aryl methyl sites for hydroxylation is 2. The number of hydrogen-bond acceptors (Lipinski definition) is 1. The Hall–Kier alpha value is -0.820. The summed E-state index contributed by atoms with van der Waals surface area (Å²) in [7, 11) is 0. The molecule has 0 radical (unpaired) electrons. The van der Waals surface area contributed by atoms with Crippen molar-refractivity contribution in [2.75, 3.05) is 6.54 Å². The topological polar surface area (TPSA) is 12.0 Å². The van der Waals surface area contributed by atoms with E-state index in [0.717, 1.165) is 18.9 Å². The number of likely N-dealkylation sites (N-methyl/N-ethyl adjacent to an activating group) is 1. The van der Waals surface area contributed by atoms with Gasteiger partial charge in [0.05, 0.1) is 0 Å². The smallest absolute Gasteiger partial charge is 0.0135 e. The zero-order valence-corrected chi connectivity index (χ0v) is 12.7. The molecule has 1 atom stereocenters. The van der Waals surface area contributed by atoms with Gasteiger partial charge in [0.2, 0.25) is 0 Å². The molecule has 0 spiro atoms. The molecule has 0 aromatic heterocycles. The minimum atomic E-state index is 0.616. The first-order chi connectivity index (χ1) is 8.62. The molecule has 102 valence electrons. The van der Waals surface area contributed by atoms with E-state index in [1.54, 1.807) is 0 Å². The van der Waals surface area contributed by atoms with Gasteiger partial charge in [0.15, 0.2) is 0 Å². The average Bonchev–Trinajstić information content (AvgIpc) is 2.35. The maximum absolute atomic E-state index is 3.68. The van der Waals surface area contributed by atoms with Crippen molar-refractivity contribution < 1.29 is 0 Å². The monoisotopic (exact) mass is 247 g/mol. The van der Waals surface area contributed by atoms with Crippen molar-refractivity contribution in [2.24, 2.45) is 5.92 Å². The highest BCUT2D eigenvalue weighted by atomic mass is 14.9. The van der Waals surface area contributed by atoms with Gasteiger partial charge in [-0.15, -0.1) is 0 Å². The van der Waals surface area contributed by atoms with Gasteiger partial charge in [-0.1, -0.05) is 57.4 Å². The first-order valence-corrected chi connectivity index (χ1v) is 7.41. The standard InChI is InChI=1S/C17H29N/c1-6-15(7-2)17(18-8-3)12-16-11-13(4)9-10-14(16)5/h9-11,15,17-18H,6-8,12H2,1-5H3. The summed E-state index contributed by atoms with van der Waals surface area (Å²) in [4.78, 5) is 0. The van der Waals surface area contributed by atoms with Gasteiger partial charge >= 0.3 is 0 Å². The second kappa shape index (κ2) is 7.58. The van der Waals surface area contributed by atoms with Gasteiger partial charge in [-0.25, -0.2) is 0 Å². The first-order valence-electron chi connectivity index (χ1n) is 7.41. The summed E-state index contributed by atoms with van der Waals surface area (Å²) in [6, 6.07) is 7.42. The fraction of sp³-hybridized carbons (Fsp3) is 0.647. The van der Waals surface area contributed by atoms with Gasteiger partial charge < -0.3 is 5.32 Å². The predicted molar refractivity (Wildman–Crippen MR) is 81.2 cm³/mol. The number of rotatable bonds is 7. The van der Waals surface area contributed by atoms with Crippen LogP contribution >= 0.6 is 0 Å². The van der Waals surface area contributed by atoms with Crippen molar-refractivity contribution in [1.82, 2.24) is 5.32 Å². The van der Waals surface area contributed by atoms with Crippen LogP contribution < -0.4 is 5.32 Å². The fourth-order valence-electron chi connectivity index (χ4n) is 2.78. The molecule has 1 aromatic rings. The van der Waals surface area contributed by atoms with Crippen molar-refractivity contribution in [3.63, 3.8) is 0 Å². The summed E-state index contributed by atoms with van der Waals surface area (Å²) >= 11 is 0. The van der Waals surface area contributed by atoms with Gasteiger partial charge in [0, 0.05) is 6.04 Å². The molecule has 0 fully saturated rings. The van der Waals surface area contributed by atoms with E-state index >= 15 is 0 Å². The van der Waals surface area contributed by atoms with Crippen LogP contribution in [0.15, 0.2) is 18.2 Å². The molecular weight excluding hydrogens is 218 g/mol. The minimum Gasteiger partial charge on any atom is -0.314 e. The van der Waals surface area contributed by atoms with E-state index in [2.05, 4.69) is 58.1 Å². The van der Waals surface area contributed by atoms with Gasteiger partial charge in [-0.2, -0.15) is 0 Å². The fourth-order valence-corrected chi connectivity index (χ4v) is 2.78. The Kier molecular flexibility index (Phi) is 6.42. The summed E-state index contributed by atoms with van der Waals surface area (Å²) in [5.41, 5.74) is 4.30. The molecule has 1 aromatic carbocycles. The average molecular weight is 247 g/mol. The number of hydrogen-bond donors (Lipinski definition) is 1. The molecule has 0 aliphatic heterocycles. The lowest BCUT2D eigenvalue weighted by Gasteiger charge is -2.27. The highest BCUT2D eigenvalue weighted by molar-refractivity contribution is 5.31. The molecule has 0 aliphatic rings. The van der Waals surface area contributed by atoms with Crippen LogP contribution in [0.1, 0.15) is 50.3 Å². The molecule has 0 saturated carbocycles. The van der Waals surface area contributed by atoms with Crippen LogP contribution in [-0.4, -0.2) is 12.6 Å². The molecule has 0 heterocycles. The van der Waals surface area contributed by atoms with Gasteiger partial charge in [0.1, 0.15) is 0 Å². The third kappa shape index (κ3) is 4.13. The Labute approximate surface area is 113 Å². The summed E-state index contributed by atoms with van der Waals surface area (Å²) < 4.78 is 0. The molecule has 0 saturated heterocycles. The maximum atomic E-state index is 3.68. The van der Waals surface area contributed by atoms with E-state index in [0.29, 0.717) is 6.04 Å². The molecule has 1 heteroatoms. The Bertz CT molecular complexity index is 353. The third-order valence-corrected chi connectivity index (χ3v) is 4.03. The van der Waals surface area contributed by atoms with E-state index in [1.807, 2.05) is 0 Å². The molecule has 1 nitrogen and oxygen atoms in total. The van der Waals surface area contributed by atoms with Crippen LogP contribution in [0.2, 0.25) is 0 Å². The largest absolute Gasteiger partial charge is 0.314 e. The molecular formula is C17H29N. The molecule has 1 rings (SSSR count). The van der Waals surface area contributed by atoms with Crippen LogP contribution in [0.25, 0.3) is 0 Å². The molecule has 0 bridgehead atoms. The lowest BCUT2D eigenvalue weighted by Crippen LogP contribution is -2.37. The maximum Gasteiger partial charge on any atom is 0.0135 e. The summed E-state index contributed by atoms with van der Waals surface area (Å²) in [5.74, 6) is 0.782. The van der Waals surface area contributed by atoms with E-state index in [4.69, 9.17) is 0 Å². The predicted octanol–water partition coefficient (Wildman–Crippen LogP) is 4.26. The second-order valence-electron chi connectivity index (χ2n) is 5.37. The van der Waals surface area contributed by atoms with Gasteiger partial charge in [-0.3, -0.25) is 0 Å². The van der Waals surface area contributed by atoms with E-state index in [-0.39, 0.29) is 0 Å². The Morgan fingerprint density at radius 2 is 1.72 bits per heavy atom. The van der Waals surface area contributed by atoms with Crippen molar-refractivity contribution in [3.05, 3.63) is 34.9 Å². The first kappa shape index (κ1) is 15.2. The Morgan fingerprint density at radius 1 is 1.06 bits per heavy atom. The molecule has 1 unspecified atom stereocenters. The quantitative estimate of drug-likeness (QED) is 0.759. The van der Waals surface area contributed by atoms with Crippen molar-refractivity contribution >= 4 is 0 Å². The normalized spacial score (nSPS) is 13.0.